The maximum Gasteiger partial charge on any atom is 0.260 e. The number of thiophene rings is 1. The Morgan fingerprint density at radius 2 is 2.19 bits per heavy atom. The number of H-pyrrole nitrogens is 1. The zero-order valence-corrected chi connectivity index (χ0v) is 16.0. The Balaban J connectivity index is 1.79. The van der Waals surface area contributed by atoms with E-state index in [1.54, 1.807) is 24.5 Å². The van der Waals surface area contributed by atoms with Crippen LogP contribution in [0.5, 0.6) is 5.75 Å². The average molecular weight is 377 g/mol. The first kappa shape index (κ1) is 17.5. The van der Waals surface area contributed by atoms with E-state index in [1.807, 2.05) is 24.3 Å². The van der Waals surface area contributed by atoms with Gasteiger partial charge in [-0.05, 0) is 54.5 Å². The van der Waals surface area contributed by atoms with E-state index in [9.17, 15) is 10.1 Å². The number of benzene rings is 1. The van der Waals surface area contributed by atoms with Crippen molar-refractivity contribution in [1.82, 2.24) is 9.97 Å². The molecule has 0 fully saturated rings. The highest BCUT2D eigenvalue weighted by Crippen LogP contribution is 2.35. The first-order valence-corrected chi connectivity index (χ1v) is 9.71. The first-order chi connectivity index (χ1) is 13.1. The third kappa shape index (κ3) is 3.26. The predicted molar refractivity (Wildman–Crippen MR) is 108 cm³/mol. The monoisotopic (exact) mass is 377 g/mol. The normalized spacial score (nSPS) is 16.8. The van der Waals surface area contributed by atoms with Gasteiger partial charge in [-0.3, -0.25) is 4.79 Å². The Morgan fingerprint density at radius 3 is 2.89 bits per heavy atom. The number of nitrogens with zero attached hydrogens (tertiary/aromatic N) is 2. The number of aryl methyl sites for hydroxylation is 1. The van der Waals surface area contributed by atoms with Gasteiger partial charge in [-0.1, -0.05) is 19.1 Å². The number of aromatic nitrogens is 2. The van der Waals surface area contributed by atoms with Crippen LogP contribution in [-0.2, 0) is 12.8 Å². The number of fused-ring (bicyclic) bond motifs is 3. The molecule has 1 aliphatic carbocycles. The molecule has 5 nitrogen and oxygen atoms in total. The molecule has 1 aromatic carbocycles. The number of allylic oxidation sites excluding steroid dienone is 1. The lowest BCUT2D eigenvalue weighted by molar-refractivity contribution is 0.415. The molecule has 2 heterocycles. The maximum absolute atomic E-state index is 12.7. The molecule has 2 aromatic heterocycles. The largest absolute Gasteiger partial charge is 0.497 e. The standard InChI is InChI=1S/C21H19N3O2S/c1-12-3-8-16-17(9-12)27-21-18(16)20(25)23-19(24-21)14(11-22)10-13-4-6-15(26-2)7-5-13/h4-7,10,12H,3,8-9H2,1-2H3,(H,23,24,25)/b14-10+/t12-/m0/s1. The quantitative estimate of drug-likeness (QED) is 0.695. The second-order valence-electron chi connectivity index (χ2n) is 6.89. The molecule has 4 rings (SSSR count). The molecular weight excluding hydrogens is 358 g/mol. The average Bonchev–Trinajstić information content (AvgIpc) is 3.04. The zero-order valence-electron chi connectivity index (χ0n) is 15.2. The summed E-state index contributed by atoms with van der Waals surface area (Å²) in [5.74, 6) is 1.70. The smallest absolute Gasteiger partial charge is 0.260 e. The summed E-state index contributed by atoms with van der Waals surface area (Å²) >= 11 is 1.59. The van der Waals surface area contributed by atoms with Crippen LogP contribution in [0.1, 0.15) is 35.2 Å². The summed E-state index contributed by atoms with van der Waals surface area (Å²) in [4.78, 5) is 22.1. The van der Waals surface area contributed by atoms with E-state index in [0.29, 0.717) is 22.7 Å². The Hall–Kier alpha value is -2.91. The van der Waals surface area contributed by atoms with E-state index in [0.717, 1.165) is 41.0 Å². The van der Waals surface area contributed by atoms with Gasteiger partial charge >= 0.3 is 0 Å². The number of nitrogens with one attached hydrogen (secondary N) is 1. The van der Waals surface area contributed by atoms with Crippen LogP contribution in [0.25, 0.3) is 21.9 Å². The maximum atomic E-state index is 12.7. The molecule has 6 heteroatoms. The summed E-state index contributed by atoms with van der Waals surface area (Å²) < 4.78 is 5.15. The molecule has 0 saturated carbocycles. The van der Waals surface area contributed by atoms with E-state index in [4.69, 9.17) is 4.74 Å². The molecule has 0 amide bonds. The van der Waals surface area contributed by atoms with Gasteiger partial charge < -0.3 is 9.72 Å². The Labute approximate surface area is 161 Å². The van der Waals surface area contributed by atoms with Crippen molar-refractivity contribution in [2.24, 2.45) is 5.92 Å². The van der Waals surface area contributed by atoms with Crippen molar-refractivity contribution in [3.63, 3.8) is 0 Å². The van der Waals surface area contributed by atoms with Gasteiger partial charge in [0.15, 0.2) is 5.82 Å². The molecule has 0 saturated heterocycles. The lowest BCUT2D eigenvalue weighted by Crippen LogP contribution is -2.14. The van der Waals surface area contributed by atoms with E-state index in [1.165, 1.54) is 4.88 Å². The van der Waals surface area contributed by atoms with Gasteiger partial charge in [-0.15, -0.1) is 11.3 Å². The third-order valence-electron chi connectivity index (χ3n) is 4.97. The van der Waals surface area contributed by atoms with Crippen molar-refractivity contribution in [3.8, 4) is 11.8 Å². The highest BCUT2D eigenvalue weighted by atomic mass is 32.1. The fourth-order valence-corrected chi connectivity index (χ4v) is 4.88. The fraction of sp³-hybridized carbons (Fsp3) is 0.286. The van der Waals surface area contributed by atoms with Gasteiger partial charge in [-0.2, -0.15) is 5.26 Å². The minimum absolute atomic E-state index is 0.155. The van der Waals surface area contributed by atoms with Crippen molar-refractivity contribution in [2.75, 3.05) is 7.11 Å². The molecule has 1 atom stereocenters. The van der Waals surface area contributed by atoms with Gasteiger partial charge in [0, 0.05) is 4.88 Å². The van der Waals surface area contributed by atoms with Crippen LogP contribution in [0.3, 0.4) is 0 Å². The van der Waals surface area contributed by atoms with Gasteiger partial charge in [0.2, 0.25) is 0 Å². The topological polar surface area (TPSA) is 78.8 Å². The van der Waals surface area contributed by atoms with Crippen molar-refractivity contribution in [1.29, 1.82) is 5.26 Å². The minimum atomic E-state index is -0.155. The minimum Gasteiger partial charge on any atom is -0.497 e. The molecule has 27 heavy (non-hydrogen) atoms. The Morgan fingerprint density at radius 1 is 1.41 bits per heavy atom. The van der Waals surface area contributed by atoms with Gasteiger partial charge in [-0.25, -0.2) is 4.98 Å². The second kappa shape index (κ2) is 7.01. The van der Waals surface area contributed by atoms with Crippen LogP contribution in [0.15, 0.2) is 29.1 Å². The molecule has 0 unspecified atom stereocenters. The van der Waals surface area contributed by atoms with E-state index < -0.39 is 0 Å². The SMILES string of the molecule is COc1ccc(/C=C(\C#N)c2nc3sc4c(c3c(=O)[nH]2)CC[C@H](C)C4)cc1. The van der Waals surface area contributed by atoms with Gasteiger partial charge in [0.05, 0.1) is 18.1 Å². The molecule has 0 spiro atoms. The third-order valence-corrected chi connectivity index (χ3v) is 6.12. The van der Waals surface area contributed by atoms with E-state index in [-0.39, 0.29) is 5.56 Å². The highest BCUT2D eigenvalue weighted by molar-refractivity contribution is 7.18. The van der Waals surface area contributed by atoms with Crippen LogP contribution in [0.4, 0.5) is 0 Å². The summed E-state index contributed by atoms with van der Waals surface area (Å²) in [6, 6.07) is 9.53. The molecule has 1 aliphatic rings. The number of hydrogen-bond donors (Lipinski definition) is 1. The predicted octanol–water partition coefficient (Wildman–Crippen LogP) is 4.18. The number of nitriles is 1. The molecular formula is C21H19N3O2S. The number of methoxy groups -OCH3 is 1. The van der Waals surface area contributed by atoms with Gasteiger partial charge in [0.25, 0.3) is 5.56 Å². The second-order valence-corrected chi connectivity index (χ2v) is 7.97. The van der Waals surface area contributed by atoms with E-state index in [2.05, 4.69) is 23.0 Å². The lowest BCUT2D eigenvalue weighted by atomic mass is 9.89. The van der Waals surface area contributed by atoms with Crippen LogP contribution < -0.4 is 10.3 Å². The van der Waals surface area contributed by atoms with Crippen LogP contribution >= 0.6 is 11.3 Å². The molecule has 0 bridgehead atoms. The van der Waals surface area contributed by atoms with Crippen molar-refractivity contribution in [2.45, 2.75) is 26.2 Å². The number of rotatable bonds is 3. The van der Waals surface area contributed by atoms with Crippen LogP contribution in [0.2, 0.25) is 0 Å². The molecule has 136 valence electrons. The molecule has 1 N–H and O–H groups in total. The lowest BCUT2D eigenvalue weighted by Gasteiger charge is -2.17. The molecule has 3 aromatic rings. The number of hydrogen-bond acceptors (Lipinski definition) is 5. The zero-order chi connectivity index (χ0) is 19.0. The fourth-order valence-electron chi connectivity index (χ4n) is 3.50. The van der Waals surface area contributed by atoms with E-state index >= 15 is 0 Å². The van der Waals surface area contributed by atoms with Crippen molar-refractivity contribution in [3.05, 3.63) is 56.4 Å². The Bertz CT molecular complexity index is 1130. The van der Waals surface area contributed by atoms with Crippen molar-refractivity contribution < 1.29 is 4.74 Å². The summed E-state index contributed by atoms with van der Waals surface area (Å²) in [5, 5.41) is 10.3. The summed E-state index contributed by atoms with van der Waals surface area (Å²) in [5.41, 5.74) is 2.16. The highest BCUT2D eigenvalue weighted by Gasteiger charge is 2.23. The van der Waals surface area contributed by atoms with Crippen LogP contribution in [0, 0.1) is 17.2 Å². The van der Waals surface area contributed by atoms with Gasteiger partial charge in [0.1, 0.15) is 16.6 Å². The number of ether oxygens (including phenoxy) is 1. The Kier molecular flexibility index (Phi) is 4.54. The summed E-state index contributed by atoms with van der Waals surface area (Å²) in [6.07, 6.45) is 4.74. The van der Waals surface area contributed by atoms with Crippen molar-refractivity contribution >= 4 is 33.2 Å². The summed E-state index contributed by atoms with van der Waals surface area (Å²) in [7, 11) is 1.61. The first-order valence-electron chi connectivity index (χ1n) is 8.90. The number of aromatic amines is 1. The summed E-state index contributed by atoms with van der Waals surface area (Å²) in [6.45, 7) is 2.24. The molecule has 0 radical (unpaired) electrons. The van der Waals surface area contributed by atoms with Crippen LogP contribution in [-0.4, -0.2) is 17.1 Å². The molecule has 0 aliphatic heterocycles.